The molecule has 2 aliphatic rings. The molecule has 0 amide bonds. The molecule has 2 fully saturated rings. The standard InChI is InChI=1S/C25H36ClN5O5S/c1-2-35-16-17-36-24-23(20-27-31(25(24)32)22-8-5-7-21(26)19-22)29-12-14-30(15-13-29)37(33,34)18-6-11-28-9-3-4-10-28/h5,7-8,19-20H,2-4,6,9-18H2,1H3. The first kappa shape index (κ1) is 27.8. The van der Waals surface area contributed by atoms with Crippen molar-refractivity contribution in [2.24, 2.45) is 0 Å². The number of hydrogen-bond acceptors (Lipinski definition) is 8. The van der Waals surface area contributed by atoms with Crippen molar-refractivity contribution < 1.29 is 17.9 Å². The molecule has 0 bridgehead atoms. The third kappa shape index (κ3) is 7.23. The van der Waals surface area contributed by atoms with Gasteiger partial charge in [0.1, 0.15) is 12.3 Å². The van der Waals surface area contributed by atoms with Crippen molar-refractivity contribution in [2.75, 3.05) is 76.3 Å². The van der Waals surface area contributed by atoms with Crippen molar-refractivity contribution in [2.45, 2.75) is 26.2 Å². The monoisotopic (exact) mass is 553 g/mol. The van der Waals surface area contributed by atoms with Crippen LogP contribution in [0, 0.1) is 0 Å². The number of anilines is 1. The molecule has 1 aromatic carbocycles. The number of hydrogen-bond donors (Lipinski definition) is 0. The quantitative estimate of drug-likeness (QED) is 0.369. The highest BCUT2D eigenvalue weighted by atomic mass is 35.5. The molecule has 4 rings (SSSR count). The van der Waals surface area contributed by atoms with Gasteiger partial charge in [-0.05, 0) is 64.0 Å². The van der Waals surface area contributed by atoms with E-state index in [0.717, 1.165) is 19.6 Å². The Kier molecular flexibility index (Phi) is 9.83. The molecule has 1 aromatic heterocycles. The lowest BCUT2D eigenvalue weighted by molar-refractivity contribution is 0.109. The van der Waals surface area contributed by atoms with E-state index >= 15 is 0 Å². The van der Waals surface area contributed by atoms with Gasteiger partial charge in [0.15, 0.2) is 0 Å². The largest absolute Gasteiger partial charge is 0.484 e. The zero-order valence-electron chi connectivity index (χ0n) is 21.3. The third-order valence-corrected chi connectivity index (χ3v) is 8.89. The van der Waals surface area contributed by atoms with Crippen LogP contribution in [0.15, 0.2) is 35.3 Å². The summed E-state index contributed by atoms with van der Waals surface area (Å²) in [6.07, 6.45) is 4.64. The first-order chi connectivity index (χ1) is 17.9. The Morgan fingerprint density at radius 1 is 1.05 bits per heavy atom. The molecule has 2 aromatic rings. The fraction of sp³-hybridized carbons (Fsp3) is 0.600. The number of likely N-dealkylation sites (tertiary alicyclic amines) is 1. The highest BCUT2D eigenvalue weighted by Gasteiger charge is 2.29. The lowest BCUT2D eigenvalue weighted by Gasteiger charge is -2.35. The highest BCUT2D eigenvalue weighted by molar-refractivity contribution is 7.89. The molecule has 0 aliphatic carbocycles. The average Bonchev–Trinajstić information content (AvgIpc) is 3.41. The lowest BCUT2D eigenvalue weighted by atomic mass is 10.3. The van der Waals surface area contributed by atoms with Crippen LogP contribution in [-0.4, -0.2) is 98.8 Å². The summed E-state index contributed by atoms with van der Waals surface area (Å²) in [6.45, 7) is 7.54. The maximum absolute atomic E-state index is 13.4. The first-order valence-corrected chi connectivity index (χ1v) is 14.9. The van der Waals surface area contributed by atoms with Crippen LogP contribution in [0.2, 0.25) is 5.02 Å². The van der Waals surface area contributed by atoms with E-state index in [4.69, 9.17) is 21.1 Å². The topological polar surface area (TPSA) is 97.2 Å². The summed E-state index contributed by atoms with van der Waals surface area (Å²) < 4.78 is 39.9. The number of benzene rings is 1. The number of sulfonamides is 1. The molecule has 0 atom stereocenters. The van der Waals surface area contributed by atoms with Crippen LogP contribution >= 0.6 is 11.6 Å². The Balaban J connectivity index is 1.45. The maximum Gasteiger partial charge on any atom is 0.316 e. The second kappa shape index (κ2) is 13.1. The van der Waals surface area contributed by atoms with Crippen molar-refractivity contribution in [3.05, 3.63) is 45.8 Å². The van der Waals surface area contributed by atoms with Crippen molar-refractivity contribution in [3.8, 4) is 11.4 Å². The van der Waals surface area contributed by atoms with Gasteiger partial charge in [0.2, 0.25) is 15.8 Å². The Bertz CT molecular complexity index is 1190. The van der Waals surface area contributed by atoms with E-state index in [9.17, 15) is 13.2 Å². The van der Waals surface area contributed by atoms with Gasteiger partial charge in [-0.3, -0.25) is 4.79 Å². The highest BCUT2D eigenvalue weighted by Crippen LogP contribution is 2.26. The van der Waals surface area contributed by atoms with E-state index in [1.165, 1.54) is 17.5 Å². The zero-order chi connectivity index (χ0) is 26.3. The van der Waals surface area contributed by atoms with E-state index in [1.807, 2.05) is 11.8 Å². The molecule has 0 unspecified atom stereocenters. The van der Waals surface area contributed by atoms with Gasteiger partial charge in [0, 0.05) is 37.8 Å². The van der Waals surface area contributed by atoms with Gasteiger partial charge in [0.05, 0.1) is 24.2 Å². The summed E-state index contributed by atoms with van der Waals surface area (Å²) in [7, 11) is -3.33. The van der Waals surface area contributed by atoms with Gasteiger partial charge >= 0.3 is 5.56 Å². The summed E-state index contributed by atoms with van der Waals surface area (Å²) >= 11 is 6.12. The number of piperazine rings is 1. The van der Waals surface area contributed by atoms with Crippen LogP contribution < -0.4 is 15.2 Å². The lowest BCUT2D eigenvalue weighted by Crippen LogP contribution is -2.50. The summed E-state index contributed by atoms with van der Waals surface area (Å²) in [4.78, 5) is 17.7. The molecule has 37 heavy (non-hydrogen) atoms. The van der Waals surface area contributed by atoms with Crippen molar-refractivity contribution in [3.63, 3.8) is 0 Å². The second-order valence-corrected chi connectivity index (χ2v) is 11.7. The number of halogens is 1. The fourth-order valence-electron chi connectivity index (χ4n) is 4.74. The van der Waals surface area contributed by atoms with Crippen LogP contribution in [0.5, 0.6) is 5.75 Å². The van der Waals surface area contributed by atoms with Gasteiger partial charge in [0.25, 0.3) is 0 Å². The van der Waals surface area contributed by atoms with Gasteiger partial charge in [-0.2, -0.15) is 14.1 Å². The Morgan fingerprint density at radius 2 is 1.81 bits per heavy atom. The smallest absolute Gasteiger partial charge is 0.316 e. The maximum atomic E-state index is 13.4. The van der Waals surface area contributed by atoms with Crippen molar-refractivity contribution in [1.82, 2.24) is 19.0 Å². The number of nitrogens with zero attached hydrogens (tertiary/aromatic N) is 5. The second-order valence-electron chi connectivity index (χ2n) is 9.21. The SMILES string of the molecule is CCOCCOc1c(N2CCN(S(=O)(=O)CCCN3CCCC3)CC2)cnn(-c2cccc(Cl)c2)c1=O. The van der Waals surface area contributed by atoms with Crippen LogP contribution in [0.1, 0.15) is 26.2 Å². The molecule has 2 saturated heterocycles. The summed E-state index contributed by atoms with van der Waals surface area (Å²) in [5.74, 6) is 0.323. The molecule has 0 radical (unpaired) electrons. The third-order valence-electron chi connectivity index (χ3n) is 6.69. The minimum Gasteiger partial charge on any atom is -0.484 e. The van der Waals surface area contributed by atoms with E-state index in [1.54, 1.807) is 34.8 Å². The molecular weight excluding hydrogens is 518 g/mol. The predicted molar refractivity (Wildman–Crippen MR) is 145 cm³/mol. The van der Waals surface area contributed by atoms with E-state index in [-0.39, 0.29) is 18.1 Å². The van der Waals surface area contributed by atoms with Crippen LogP contribution in [-0.2, 0) is 14.8 Å². The average molecular weight is 554 g/mol. The molecule has 0 N–H and O–H groups in total. The van der Waals surface area contributed by atoms with E-state index < -0.39 is 15.6 Å². The van der Waals surface area contributed by atoms with Crippen molar-refractivity contribution in [1.29, 1.82) is 0 Å². The number of aromatic nitrogens is 2. The Labute approximate surface area is 223 Å². The molecule has 2 aliphatic heterocycles. The first-order valence-electron chi connectivity index (χ1n) is 12.9. The van der Waals surface area contributed by atoms with Crippen molar-refractivity contribution >= 4 is 27.3 Å². The van der Waals surface area contributed by atoms with Crippen LogP contribution in [0.3, 0.4) is 0 Å². The van der Waals surface area contributed by atoms with Crippen LogP contribution in [0.25, 0.3) is 5.69 Å². The molecule has 12 heteroatoms. The molecule has 3 heterocycles. The van der Waals surface area contributed by atoms with E-state index in [0.29, 0.717) is 62.2 Å². The molecule has 10 nitrogen and oxygen atoms in total. The Morgan fingerprint density at radius 3 is 2.51 bits per heavy atom. The summed E-state index contributed by atoms with van der Waals surface area (Å²) in [6, 6.07) is 6.88. The van der Waals surface area contributed by atoms with Gasteiger partial charge < -0.3 is 19.3 Å². The normalized spacial score (nSPS) is 17.4. The summed E-state index contributed by atoms with van der Waals surface area (Å²) in [5.41, 5.74) is 0.669. The zero-order valence-corrected chi connectivity index (χ0v) is 22.9. The Hall–Kier alpha value is -2.18. The van der Waals surface area contributed by atoms with Gasteiger partial charge in [-0.25, -0.2) is 8.42 Å². The summed E-state index contributed by atoms with van der Waals surface area (Å²) in [5, 5.41) is 4.86. The minimum atomic E-state index is -3.33. The molecule has 0 spiro atoms. The van der Waals surface area contributed by atoms with Gasteiger partial charge in [-0.15, -0.1) is 0 Å². The van der Waals surface area contributed by atoms with Gasteiger partial charge in [-0.1, -0.05) is 17.7 Å². The minimum absolute atomic E-state index is 0.159. The fourth-order valence-corrected chi connectivity index (χ4v) is 6.40. The van der Waals surface area contributed by atoms with Crippen LogP contribution in [0.4, 0.5) is 5.69 Å². The van der Waals surface area contributed by atoms with E-state index in [2.05, 4.69) is 10.00 Å². The number of rotatable bonds is 12. The molecule has 0 saturated carbocycles. The predicted octanol–water partition coefficient (Wildman–Crippen LogP) is 2.24. The molecular formula is C25H36ClN5O5S. The molecule has 204 valence electrons. The number of ether oxygens (including phenoxy) is 2.